The third-order valence-electron chi connectivity index (χ3n) is 3.53. The van der Waals surface area contributed by atoms with Gasteiger partial charge in [0.1, 0.15) is 0 Å². The molecule has 0 aromatic heterocycles. The first-order valence-corrected chi connectivity index (χ1v) is 7.21. The number of rotatable bonds is 5. The molecule has 0 bridgehead atoms. The van der Waals surface area contributed by atoms with Crippen molar-refractivity contribution >= 4 is 11.9 Å². The number of nitrogens with one attached hydrogen (secondary N) is 2. The van der Waals surface area contributed by atoms with E-state index in [4.69, 9.17) is 5.26 Å². The van der Waals surface area contributed by atoms with Gasteiger partial charge in [-0.05, 0) is 19.8 Å². The fourth-order valence-corrected chi connectivity index (χ4v) is 2.33. The molecule has 1 saturated carbocycles. The van der Waals surface area contributed by atoms with E-state index in [1.165, 1.54) is 11.3 Å². The lowest BCUT2D eigenvalue weighted by molar-refractivity contribution is -0.129. The molecule has 0 aromatic carbocycles. The van der Waals surface area contributed by atoms with Gasteiger partial charge in [-0.3, -0.25) is 4.79 Å². The number of nitrogens with zero attached hydrogens (tertiary/aromatic N) is 2. The van der Waals surface area contributed by atoms with Crippen LogP contribution in [0.1, 0.15) is 39.0 Å². The summed E-state index contributed by atoms with van der Waals surface area (Å²) in [5.74, 6) is -0.397. The predicted octanol–water partition coefficient (Wildman–Crippen LogP) is 1.24. The van der Waals surface area contributed by atoms with Crippen molar-refractivity contribution in [1.29, 1.82) is 5.26 Å². The molecule has 1 aliphatic rings. The van der Waals surface area contributed by atoms with Crippen molar-refractivity contribution in [1.82, 2.24) is 15.5 Å². The minimum Gasteiger partial charge on any atom is -0.343 e. The largest absolute Gasteiger partial charge is 0.343 e. The summed E-state index contributed by atoms with van der Waals surface area (Å²) in [5.41, 5.74) is 0. The van der Waals surface area contributed by atoms with Crippen molar-refractivity contribution in [3.05, 3.63) is 0 Å². The van der Waals surface area contributed by atoms with Crippen molar-refractivity contribution in [3.8, 4) is 6.07 Å². The molecule has 0 heterocycles. The fourth-order valence-electron chi connectivity index (χ4n) is 2.33. The molecular formula is C14H24N4O2. The number of carbonyl (C=O) groups excluding carboxylic acids is 2. The van der Waals surface area contributed by atoms with Gasteiger partial charge >= 0.3 is 6.03 Å². The van der Waals surface area contributed by atoms with E-state index in [1.807, 2.05) is 0 Å². The van der Waals surface area contributed by atoms with Crippen LogP contribution in [-0.4, -0.2) is 43.0 Å². The van der Waals surface area contributed by atoms with Crippen LogP contribution in [0.15, 0.2) is 0 Å². The number of urea groups is 1. The van der Waals surface area contributed by atoms with Gasteiger partial charge in [0.05, 0.1) is 18.5 Å². The zero-order valence-electron chi connectivity index (χ0n) is 12.3. The minimum atomic E-state index is -0.285. The van der Waals surface area contributed by atoms with Crippen LogP contribution in [0.4, 0.5) is 4.79 Å². The summed E-state index contributed by atoms with van der Waals surface area (Å²) in [7, 11) is 1.64. The van der Waals surface area contributed by atoms with Crippen LogP contribution < -0.4 is 10.6 Å². The second-order valence-electron chi connectivity index (χ2n) is 5.47. The Kier molecular flexibility index (Phi) is 6.85. The quantitative estimate of drug-likeness (QED) is 0.794. The van der Waals surface area contributed by atoms with Crippen molar-refractivity contribution in [2.45, 2.75) is 45.1 Å². The molecule has 20 heavy (non-hydrogen) atoms. The zero-order valence-corrected chi connectivity index (χ0v) is 12.3. The molecule has 0 unspecified atom stereocenters. The Morgan fingerprint density at radius 1 is 1.35 bits per heavy atom. The van der Waals surface area contributed by atoms with Gasteiger partial charge in [-0.15, -0.1) is 0 Å². The van der Waals surface area contributed by atoms with Gasteiger partial charge < -0.3 is 15.5 Å². The van der Waals surface area contributed by atoms with Crippen LogP contribution in [0.25, 0.3) is 0 Å². The normalized spacial score (nSPS) is 16.9. The highest BCUT2D eigenvalue weighted by atomic mass is 16.2. The molecule has 0 saturated heterocycles. The maximum absolute atomic E-state index is 11.8. The van der Waals surface area contributed by atoms with E-state index < -0.39 is 0 Å². The highest BCUT2D eigenvalue weighted by Gasteiger charge is 2.17. The summed E-state index contributed by atoms with van der Waals surface area (Å²) in [6, 6.07) is 2.02. The molecule has 1 atom stereocenters. The summed E-state index contributed by atoms with van der Waals surface area (Å²) in [5, 5.41) is 14.2. The van der Waals surface area contributed by atoms with Crippen LogP contribution in [0, 0.1) is 17.2 Å². The summed E-state index contributed by atoms with van der Waals surface area (Å²) < 4.78 is 0. The van der Waals surface area contributed by atoms with E-state index in [1.54, 1.807) is 14.0 Å². The second kappa shape index (κ2) is 8.41. The Bertz CT molecular complexity index is 372. The molecule has 3 amide bonds. The molecule has 6 nitrogen and oxygen atoms in total. The summed E-state index contributed by atoms with van der Waals surface area (Å²) >= 11 is 0. The van der Waals surface area contributed by atoms with Gasteiger partial charge in [-0.2, -0.15) is 5.26 Å². The average molecular weight is 280 g/mol. The van der Waals surface area contributed by atoms with Crippen molar-refractivity contribution in [2.75, 3.05) is 20.1 Å². The lowest BCUT2D eigenvalue weighted by atomic mass is 9.96. The topological polar surface area (TPSA) is 85.2 Å². The van der Waals surface area contributed by atoms with Gasteiger partial charge in [0.15, 0.2) is 0 Å². The van der Waals surface area contributed by atoms with E-state index in [-0.39, 0.29) is 30.4 Å². The van der Waals surface area contributed by atoms with Crippen LogP contribution in [0.5, 0.6) is 0 Å². The van der Waals surface area contributed by atoms with Crippen LogP contribution >= 0.6 is 0 Å². The molecule has 112 valence electrons. The lowest BCUT2D eigenvalue weighted by Gasteiger charge is -2.23. The first kappa shape index (κ1) is 16.3. The standard InChI is InChI=1S/C14H24N4O2/c1-11(8-15)10-18(2)13(19)9-16-14(20)17-12-6-4-3-5-7-12/h11-12H,3-7,9-10H2,1-2H3,(H2,16,17,20)/t11-/m0/s1. The third kappa shape index (κ3) is 5.91. The number of hydrogen-bond donors (Lipinski definition) is 2. The molecule has 1 fully saturated rings. The molecule has 1 rings (SSSR count). The molecule has 6 heteroatoms. The number of likely N-dealkylation sites (N-methyl/N-ethyl adjacent to an activating group) is 1. The number of amides is 3. The molecular weight excluding hydrogens is 256 g/mol. The van der Waals surface area contributed by atoms with Gasteiger partial charge in [0.2, 0.25) is 5.91 Å². The van der Waals surface area contributed by atoms with Crippen molar-refractivity contribution in [2.24, 2.45) is 5.92 Å². The van der Waals surface area contributed by atoms with E-state index in [9.17, 15) is 9.59 Å². The Hall–Kier alpha value is -1.77. The highest BCUT2D eigenvalue weighted by Crippen LogP contribution is 2.17. The van der Waals surface area contributed by atoms with E-state index in [2.05, 4.69) is 16.7 Å². The van der Waals surface area contributed by atoms with Crippen molar-refractivity contribution in [3.63, 3.8) is 0 Å². The second-order valence-corrected chi connectivity index (χ2v) is 5.47. The number of carbonyl (C=O) groups is 2. The first-order chi connectivity index (χ1) is 9.52. The number of nitriles is 1. The van der Waals surface area contributed by atoms with E-state index >= 15 is 0 Å². The zero-order chi connectivity index (χ0) is 15.0. The summed E-state index contributed by atoms with van der Waals surface area (Å²) in [4.78, 5) is 24.9. The Labute approximate surface area is 120 Å². The molecule has 1 aliphatic carbocycles. The lowest BCUT2D eigenvalue weighted by Crippen LogP contribution is -2.46. The van der Waals surface area contributed by atoms with E-state index in [0.29, 0.717) is 6.54 Å². The van der Waals surface area contributed by atoms with Gasteiger partial charge in [0, 0.05) is 19.6 Å². The fraction of sp³-hybridized carbons (Fsp3) is 0.786. The minimum absolute atomic E-state index is 0.0345. The van der Waals surface area contributed by atoms with Crippen molar-refractivity contribution < 1.29 is 9.59 Å². The first-order valence-electron chi connectivity index (χ1n) is 7.21. The van der Waals surface area contributed by atoms with Gasteiger partial charge in [-0.25, -0.2) is 4.79 Å². The smallest absolute Gasteiger partial charge is 0.315 e. The molecule has 0 aliphatic heterocycles. The predicted molar refractivity (Wildman–Crippen MR) is 75.8 cm³/mol. The SMILES string of the molecule is C[C@@H](C#N)CN(C)C(=O)CNC(=O)NC1CCCCC1. The third-order valence-corrected chi connectivity index (χ3v) is 3.53. The maximum Gasteiger partial charge on any atom is 0.315 e. The van der Waals surface area contributed by atoms with Gasteiger partial charge in [0.25, 0.3) is 0 Å². The molecule has 0 spiro atoms. The highest BCUT2D eigenvalue weighted by molar-refractivity contribution is 5.83. The molecule has 0 aromatic rings. The molecule has 0 radical (unpaired) electrons. The maximum atomic E-state index is 11.8. The summed E-state index contributed by atoms with van der Waals surface area (Å²) in [6.45, 7) is 2.10. The average Bonchev–Trinajstić information content (AvgIpc) is 2.45. The van der Waals surface area contributed by atoms with Crippen LogP contribution in [0.2, 0.25) is 0 Å². The summed E-state index contributed by atoms with van der Waals surface area (Å²) in [6.07, 6.45) is 5.57. The number of hydrogen-bond acceptors (Lipinski definition) is 3. The van der Waals surface area contributed by atoms with Crippen LogP contribution in [-0.2, 0) is 4.79 Å². The molecule has 2 N–H and O–H groups in total. The van der Waals surface area contributed by atoms with E-state index in [0.717, 1.165) is 25.7 Å². The monoisotopic (exact) mass is 280 g/mol. The Morgan fingerprint density at radius 2 is 2.00 bits per heavy atom. The Morgan fingerprint density at radius 3 is 2.60 bits per heavy atom. The van der Waals surface area contributed by atoms with Gasteiger partial charge in [-0.1, -0.05) is 19.3 Å². The van der Waals surface area contributed by atoms with Crippen LogP contribution in [0.3, 0.4) is 0 Å². The Balaban J connectivity index is 2.22.